The van der Waals surface area contributed by atoms with Crippen LogP contribution in [0.25, 0.3) is 11.1 Å². The van der Waals surface area contributed by atoms with E-state index in [2.05, 4.69) is 157 Å². The molecule has 0 unspecified atom stereocenters. The molecule has 0 radical (unpaired) electrons. The van der Waals surface area contributed by atoms with Crippen LogP contribution in [-0.2, 0) is 0 Å². The summed E-state index contributed by atoms with van der Waals surface area (Å²) >= 11 is 0. The fourth-order valence-corrected chi connectivity index (χ4v) is 10.2. The minimum Gasteiger partial charge on any atom is -0.356 e. The summed E-state index contributed by atoms with van der Waals surface area (Å²) in [7, 11) is -2.54. The van der Waals surface area contributed by atoms with Crippen LogP contribution in [0.5, 0.6) is 0 Å². The van der Waals surface area contributed by atoms with E-state index >= 15 is 0 Å². The first-order chi connectivity index (χ1) is 18.8. The molecule has 0 fully saturated rings. The quantitative estimate of drug-likeness (QED) is 0.194. The lowest BCUT2D eigenvalue weighted by Crippen LogP contribution is -2.74. The summed E-state index contributed by atoms with van der Waals surface area (Å²) in [6, 6.07) is 61.4. The molecule has 0 atom stereocenters. The molecule has 0 saturated carbocycles. The van der Waals surface area contributed by atoms with Gasteiger partial charge in [0.25, 0.3) is 0 Å². The van der Waals surface area contributed by atoms with Crippen LogP contribution < -0.4 is 26.1 Å². The third-order valence-electron chi connectivity index (χ3n) is 7.20. The summed E-state index contributed by atoms with van der Waals surface area (Å²) in [6.45, 7) is 0. The Labute approximate surface area is 226 Å². The van der Waals surface area contributed by atoms with E-state index in [-0.39, 0.29) is 0 Å². The highest BCUT2D eigenvalue weighted by Crippen LogP contribution is 2.24. The van der Waals surface area contributed by atoms with Crippen LogP contribution in [0.4, 0.5) is 11.4 Å². The molecule has 6 rings (SSSR count). The first-order valence-electron chi connectivity index (χ1n) is 13.0. The fraction of sp³-hybridized carbons (Fsp3) is 0. The van der Waals surface area contributed by atoms with Gasteiger partial charge in [-0.05, 0) is 56.1 Å². The molecule has 6 aromatic rings. The first kappa shape index (κ1) is 23.7. The molecule has 0 aliphatic carbocycles. The van der Waals surface area contributed by atoms with E-state index in [1.54, 1.807) is 0 Å². The van der Waals surface area contributed by atoms with Gasteiger partial charge in [0.1, 0.15) is 0 Å². The van der Waals surface area contributed by atoms with Crippen LogP contribution in [-0.4, -0.2) is 8.07 Å². The zero-order valence-corrected chi connectivity index (χ0v) is 22.2. The lowest BCUT2D eigenvalue weighted by atomic mass is 10.1. The Kier molecular flexibility index (Phi) is 6.71. The summed E-state index contributed by atoms with van der Waals surface area (Å²) in [6.07, 6.45) is 0. The maximum absolute atomic E-state index is 3.49. The standard InChI is InChI=1S/C36H29NSi/c1-5-15-31(16-6-1)37-32-26-24-29(25-27-32)30-14-13-23-36(28-30)38(33-17-7-2-8-18-33,34-19-9-3-10-20-34)35-21-11-4-12-22-35/h1-28,37H. The summed E-state index contributed by atoms with van der Waals surface area (Å²) < 4.78 is 0. The maximum Gasteiger partial charge on any atom is 0.179 e. The molecule has 6 aromatic carbocycles. The van der Waals surface area contributed by atoms with Gasteiger partial charge in [0.05, 0.1) is 0 Å². The lowest BCUT2D eigenvalue weighted by molar-refractivity contribution is 1.54. The zero-order valence-electron chi connectivity index (χ0n) is 21.2. The van der Waals surface area contributed by atoms with E-state index < -0.39 is 8.07 Å². The second kappa shape index (κ2) is 10.8. The molecule has 0 aromatic heterocycles. The third-order valence-corrected chi connectivity index (χ3v) is 12.0. The number of nitrogens with one attached hydrogen (secondary N) is 1. The predicted molar refractivity (Wildman–Crippen MR) is 165 cm³/mol. The monoisotopic (exact) mass is 503 g/mol. The Hall–Kier alpha value is -4.66. The largest absolute Gasteiger partial charge is 0.356 e. The minimum absolute atomic E-state index is 1.08. The van der Waals surface area contributed by atoms with E-state index in [0.29, 0.717) is 0 Å². The van der Waals surface area contributed by atoms with Crippen molar-refractivity contribution in [3.63, 3.8) is 0 Å². The smallest absolute Gasteiger partial charge is 0.179 e. The number of para-hydroxylation sites is 1. The molecule has 1 N–H and O–H groups in total. The lowest BCUT2D eigenvalue weighted by Gasteiger charge is -2.34. The van der Waals surface area contributed by atoms with E-state index in [1.165, 1.54) is 31.9 Å². The Morgan fingerprint density at radius 1 is 0.316 bits per heavy atom. The SMILES string of the molecule is c1ccc(Nc2ccc(-c3cccc([Si](c4ccccc4)(c4ccccc4)c4ccccc4)c3)cc2)cc1. The highest BCUT2D eigenvalue weighted by Gasteiger charge is 2.41. The predicted octanol–water partition coefficient (Wildman–Crippen LogP) is 6.47. The van der Waals surface area contributed by atoms with Gasteiger partial charge in [-0.3, -0.25) is 0 Å². The molecular weight excluding hydrogens is 474 g/mol. The maximum atomic E-state index is 3.49. The first-order valence-corrected chi connectivity index (χ1v) is 15.0. The topological polar surface area (TPSA) is 12.0 Å². The number of rotatable bonds is 7. The summed E-state index contributed by atoms with van der Waals surface area (Å²) in [5.74, 6) is 0. The Balaban J connectivity index is 1.48. The van der Waals surface area contributed by atoms with Crippen molar-refractivity contribution in [2.24, 2.45) is 0 Å². The van der Waals surface area contributed by atoms with E-state index in [0.717, 1.165) is 11.4 Å². The van der Waals surface area contributed by atoms with Gasteiger partial charge in [0, 0.05) is 11.4 Å². The van der Waals surface area contributed by atoms with E-state index in [9.17, 15) is 0 Å². The van der Waals surface area contributed by atoms with Gasteiger partial charge >= 0.3 is 0 Å². The molecule has 38 heavy (non-hydrogen) atoms. The fourth-order valence-electron chi connectivity index (χ4n) is 5.43. The molecule has 0 saturated heterocycles. The van der Waals surface area contributed by atoms with Crippen molar-refractivity contribution in [1.29, 1.82) is 0 Å². The minimum atomic E-state index is -2.54. The Morgan fingerprint density at radius 3 is 1.24 bits per heavy atom. The van der Waals surface area contributed by atoms with Crippen LogP contribution in [0.15, 0.2) is 170 Å². The average molecular weight is 504 g/mol. The van der Waals surface area contributed by atoms with Gasteiger partial charge in [-0.1, -0.05) is 146 Å². The van der Waals surface area contributed by atoms with E-state index in [4.69, 9.17) is 0 Å². The molecule has 0 spiro atoms. The molecule has 0 bridgehead atoms. The summed E-state index contributed by atoms with van der Waals surface area (Å²) in [4.78, 5) is 0. The van der Waals surface area contributed by atoms with Gasteiger partial charge in [-0.2, -0.15) is 0 Å². The van der Waals surface area contributed by atoms with Gasteiger partial charge in [0.15, 0.2) is 8.07 Å². The molecule has 182 valence electrons. The van der Waals surface area contributed by atoms with Crippen molar-refractivity contribution >= 4 is 40.2 Å². The zero-order chi connectivity index (χ0) is 25.6. The number of benzene rings is 6. The van der Waals surface area contributed by atoms with Gasteiger partial charge in [-0.25, -0.2) is 0 Å². The summed E-state index contributed by atoms with van der Waals surface area (Å²) in [5, 5.41) is 9.03. The molecule has 0 aliphatic rings. The van der Waals surface area contributed by atoms with Crippen LogP contribution in [0, 0.1) is 0 Å². The van der Waals surface area contributed by atoms with Crippen molar-refractivity contribution in [2.45, 2.75) is 0 Å². The molecule has 0 aliphatic heterocycles. The second-order valence-electron chi connectivity index (χ2n) is 9.50. The van der Waals surface area contributed by atoms with Crippen LogP contribution in [0.1, 0.15) is 0 Å². The number of hydrogen-bond donors (Lipinski definition) is 1. The number of anilines is 2. The highest BCUT2D eigenvalue weighted by atomic mass is 28.3. The summed E-state index contributed by atoms with van der Waals surface area (Å²) in [5.41, 5.74) is 4.61. The van der Waals surface area contributed by atoms with Crippen molar-refractivity contribution in [2.75, 3.05) is 5.32 Å². The van der Waals surface area contributed by atoms with Crippen LogP contribution in [0.3, 0.4) is 0 Å². The van der Waals surface area contributed by atoms with Crippen molar-refractivity contribution < 1.29 is 0 Å². The normalized spacial score (nSPS) is 11.2. The van der Waals surface area contributed by atoms with Crippen molar-refractivity contribution in [3.05, 3.63) is 170 Å². The molecule has 0 heterocycles. The third kappa shape index (κ3) is 4.58. The molecular formula is C36H29NSi. The highest BCUT2D eigenvalue weighted by molar-refractivity contribution is 7.19. The van der Waals surface area contributed by atoms with Gasteiger partial charge < -0.3 is 5.32 Å². The van der Waals surface area contributed by atoms with Crippen LogP contribution in [0.2, 0.25) is 0 Å². The molecule has 1 nitrogen and oxygen atoms in total. The Morgan fingerprint density at radius 2 is 0.737 bits per heavy atom. The van der Waals surface area contributed by atoms with Crippen molar-refractivity contribution in [1.82, 2.24) is 0 Å². The molecule has 2 heteroatoms. The Bertz CT molecular complexity index is 1500. The van der Waals surface area contributed by atoms with Gasteiger partial charge in [0.2, 0.25) is 0 Å². The molecule has 0 amide bonds. The average Bonchev–Trinajstić information content (AvgIpc) is 3.00. The van der Waals surface area contributed by atoms with Crippen LogP contribution >= 0.6 is 0 Å². The van der Waals surface area contributed by atoms with E-state index in [1.807, 2.05) is 18.2 Å². The van der Waals surface area contributed by atoms with Crippen molar-refractivity contribution in [3.8, 4) is 11.1 Å². The van der Waals surface area contributed by atoms with Gasteiger partial charge in [-0.15, -0.1) is 0 Å². The number of hydrogen-bond acceptors (Lipinski definition) is 1. The second-order valence-corrected chi connectivity index (χ2v) is 13.3.